The molecule has 1 aliphatic rings. The predicted octanol–water partition coefficient (Wildman–Crippen LogP) is 2.56. The van der Waals surface area contributed by atoms with Crippen LogP contribution in [0.5, 0.6) is 0 Å². The fourth-order valence-corrected chi connectivity index (χ4v) is 2.21. The Kier molecular flexibility index (Phi) is 3.15. The first kappa shape index (κ1) is 13.3. The number of hydrogen-bond acceptors (Lipinski definition) is 5. The van der Waals surface area contributed by atoms with Crippen LogP contribution in [0.1, 0.15) is 17.5 Å². The van der Waals surface area contributed by atoms with Crippen LogP contribution < -0.4 is 0 Å². The van der Waals surface area contributed by atoms with Crippen molar-refractivity contribution in [1.82, 2.24) is 0 Å². The lowest BCUT2D eigenvalue weighted by atomic mass is 9.97. The number of oxime groups is 1. The van der Waals surface area contributed by atoms with Crippen molar-refractivity contribution >= 4 is 11.4 Å². The maximum atomic E-state index is 10.6. The van der Waals surface area contributed by atoms with Crippen molar-refractivity contribution in [2.24, 2.45) is 5.16 Å². The van der Waals surface area contributed by atoms with Crippen LogP contribution >= 0.6 is 0 Å². The van der Waals surface area contributed by atoms with E-state index in [1.807, 2.05) is 30.3 Å². The van der Waals surface area contributed by atoms with Crippen molar-refractivity contribution in [3.8, 4) is 0 Å². The number of nitrogens with zero attached hydrogens (tertiary/aromatic N) is 2. The monoisotopic (exact) mass is 284 g/mol. The van der Waals surface area contributed by atoms with E-state index in [0.717, 1.165) is 5.56 Å². The summed E-state index contributed by atoms with van der Waals surface area (Å²) >= 11 is 0. The molecule has 1 N–H and O–H groups in total. The largest absolute Gasteiger partial charge is 0.355 e. The van der Waals surface area contributed by atoms with Gasteiger partial charge < -0.3 is 9.94 Å². The van der Waals surface area contributed by atoms with Gasteiger partial charge in [-0.15, -0.1) is 0 Å². The van der Waals surface area contributed by atoms with Crippen molar-refractivity contribution in [2.45, 2.75) is 12.2 Å². The molecule has 21 heavy (non-hydrogen) atoms. The molecule has 0 saturated heterocycles. The Morgan fingerprint density at radius 2 is 1.81 bits per heavy atom. The molecule has 0 bridgehead atoms. The fraction of sp³-hybridized carbons (Fsp3) is 0.133. The summed E-state index contributed by atoms with van der Waals surface area (Å²) < 4.78 is 0. The van der Waals surface area contributed by atoms with Gasteiger partial charge in [-0.05, 0) is 17.7 Å². The number of non-ortho nitro benzene ring substituents is 1. The van der Waals surface area contributed by atoms with Gasteiger partial charge >= 0.3 is 0 Å². The lowest BCUT2D eigenvalue weighted by molar-refractivity contribution is -0.384. The van der Waals surface area contributed by atoms with E-state index in [4.69, 9.17) is 4.84 Å². The first-order valence-corrected chi connectivity index (χ1v) is 6.36. The molecule has 1 heterocycles. The van der Waals surface area contributed by atoms with Crippen LogP contribution in [0.15, 0.2) is 59.8 Å². The topological polar surface area (TPSA) is 85.0 Å². The molecular formula is C15H12N2O4. The number of rotatable bonds is 3. The van der Waals surface area contributed by atoms with E-state index in [0.29, 0.717) is 11.3 Å². The van der Waals surface area contributed by atoms with Crippen molar-refractivity contribution in [3.63, 3.8) is 0 Å². The van der Waals surface area contributed by atoms with Crippen LogP contribution in [0.4, 0.5) is 5.69 Å². The molecule has 106 valence electrons. The summed E-state index contributed by atoms with van der Waals surface area (Å²) in [6.45, 7) is 0. The van der Waals surface area contributed by atoms with Gasteiger partial charge in [0.1, 0.15) is 0 Å². The Hall–Kier alpha value is -2.73. The van der Waals surface area contributed by atoms with Gasteiger partial charge in [-0.2, -0.15) is 0 Å². The van der Waals surface area contributed by atoms with Gasteiger partial charge in [0.25, 0.3) is 11.5 Å². The van der Waals surface area contributed by atoms with Crippen molar-refractivity contribution in [3.05, 3.63) is 75.8 Å². The van der Waals surface area contributed by atoms with Gasteiger partial charge in [0.2, 0.25) is 0 Å². The molecule has 6 heteroatoms. The molecule has 0 aromatic heterocycles. The Bertz CT molecular complexity index is 697. The molecule has 0 fully saturated rings. The Balaban J connectivity index is 1.83. The van der Waals surface area contributed by atoms with Gasteiger partial charge in [0.15, 0.2) is 0 Å². The minimum absolute atomic E-state index is 0.0375. The Morgan fingerprint density at radius 1 is 1.14 bits per heavy atom. The highest BCUT2D eigenvalue weighted by atomic mass is 16.7. The van der Waals surface area contributed by atoms with Crippen LogP contribution in [-0.4, -0.2) is 15.7 Å². The lowest BCUT2D eigenvalue weighted by Crippen LogP contribution is -2.25. The van der Waals surface area contributed by atoms with Gasteiger partial charge in [-0.25, -0.2) is 0 Å². The number of nitro benzene ring substituents is 1. The highest BCUT2D eigenvalue weighted by Gasteiger charge is 2.39. The Morgan fingerprint density at radius 3 is 2.43 bits per heavy atom. The number of benzene rings is 2. The van der Waals surface area contributed by atoms with Gasteiger partial charge in [-0.3, -0.25) is 10.1 Å². The first-order valence-electron chi connectivity index (χ1n) is 6.36. The molecule has 0 saturated carbocycles. The van der Waals surface area contributed by atoms with E-state index in [1.165, 1.54) is 24.3 Å². The average molecular weight is 284 g/mol. The van der Waals surface area contributed by atoms with Crippen LogP contribution in [0.2, 0.25) is 0 Å². The van der Waals surface area contributed by atoms with Gasteiger partial charge in [0, 0.05) is 17.7 Å². The van der Waals surface area contributed by atoms with E-state index >= 15 is 0 Å². The third-order valence-electron chi connectivity index (χ3n) is 3.35. The number of nitro groups is 1. The third kappa shape index (κ3) is 2.48. The molecule has 1 unspecified atom stereocenters. The second-order valence-electron chi connectivity index (χ2n) is 4.76. The van der Waals surface area contributed by atoms with Gasteiger partial charge in [0.05, 0.1) is 17.1 Å². The third-order valence-corrected chi connectivity index (χ3v) is 3.35. The van der Waals surface area contributed by atoms with E-state index in [1.54, 1.807) is 0 Å². The van der Waals surface area contributed by atoms with E-state index < -0.39 is 10.7 Å². The van der Waals surface area contributed by atoms with E-state index in [9.17, 15) is 15.2 Å². The number of aliphatic hydroxyl groups is 1. The standard InChI is InChI=1S/C15H12N2O4/c18-15(12-6-8-13(9-7-12)17(19)20)10-14(16-21-15)11-4-2-1-3-5-11/h1-9,18H,10H2. The molecule has 1 aliphatic heterocycles. The van der Waals surface area contributed by atoms with Crippen LogP contribution in [0.25, 0.3) is 0 Å². The quantitative estimate of drug-likeness (QED) is 0.693. The second-order valence-corrected chi connectivity index (χ2v) is 4.76. The first-order chi connectivity index (χ1) is 10.1. The summed E-state index contributed by atoms with van der Waals surface area (Å²) in [6, 6.07) is 15.0. The summed E-state index contributed by atoms with van der Waals surface area (Å²) in [6.07, 6.45) is 0.189. The molecule has 3 rings (SSSR count). The smallest absolute Gasteiger partial charge is 0.269 e. The summed E-state index contributed by atoms with van der Waals surface area (Å²) in [5.41, 5.74) is 1.90. The highest BCUT2D eigenvalue weighted by molar-refractivity contribution is 6.01. The SMILES string of the molecule is O=[N+]([O-])c1ccc(C2(O)CC(c3ccccc3)=NO2)cc1. The summed E-state index contributed by atoms with van der Waals surface area (Å²) in [4.78, 5) is 15.3. The van der Waals surface area contributed by atoms with E-state index in [2.05, 4.69) is 5.16 Å². The molecule has 2 aromatic rings. The molecule has 2 aromatic carbocycles. The summed E-state index contributed by atoms with van der Waals surface area (Å²) in [7, 11) is 0. The van der Waals surface area contributed by atoms with Crippen LogP contribution in [0.3, 0.4) is 0 Å². The maximum absolute atomic E-state index is 10.6. The summed E-state index contributed by atoms with van der Waals surface area (Å²) in [5, 5.41) is 25.1. The fourth-order valence-electron chi connectivity index (χ4n) is 2.21. The van der Waals surface area contributed by atoms with Crippen molar-refractivity contribution in [1.29, 1.82) is 0 Å². The molecule has 1 atom stereocenters. The zero-order chi connectivity index (χ0) is 14.9. The minimum atomic E-state index is -1.58. The zero-order valence-electron chi connectivity index (χ0n) is 11.0. The van der Waals surface area contributed by atoms with Gasteiger partial charge in [-0.1, -0.05) is 35.5 Å². The molecular weight excluding hydrogens is 272 g/mol. The molecule has 0 radical (unpaired) electrons. The summed E-state index contributed by atoms with van der Waals surface area (Å²) in [5.74, 6) is -1.58. The van der Waals surface area contributed by atoms with Crippen LogP contribution in [-0.2, 0) is 10.6 Å². The molecule has 0 spiro atoms. The average Bonchev–Trinajstić information content (AvgIpc) is 2.92. The molecule has 0 aliphatic carbocycles. The zero-order valence-corrected chi connectivity index (χ0v) is 11.0. The second kappa shape index (κ2) is 4.99. The Labute approximate surface area is 120 Å². The maximum Gasteiger partial charge on any atom is 0.269 e. The van der Waals surface area contributed by atoms with Crippen molar-refractivity contribution in [2.75, 3.05) is 0 Å². The molecule has 6 nitrogen and oxygen atoms in total. The van der Waals surface area contributed by atoms with Crippen LogP contribution in [0, 0.1) is 10.1 Å². The molecule has 0 amide bonds. The van der Waals surface area contributed by atoms with Crippen molar-refractivity contribution < 1.29 is 14.9 Å². The highest BCUT2D eigenvalue weighted by Crippen LogP contribution is 2.34. The normalized spacial score (nSPS) is 20.7. The van der Waals surface area contributed by atoms with E-state index in [-0.39, 0.29) is 12.1 Å². The minimum Gasteiger partial charge on any atom is -0.355 e. The lowest BCUT2D eigenvalue weighted by Gasteiger charge is -2.19. The number of hydrogen-bond donors (Lipinski definition) is 1. The predicted molar refractivity (Wildman–Crippen MR) is 75.7 cm³/mol.